The Bertz CT molecular complexity index is 641. The fraction of sp³-hybridized carbons (Fsp3) is 0.214. The number of nitrogens with zero attached hydrogens (tertiary/aromatic N) is 2. The van der Waals surface area contributed by atoms with Crippen LogP contribution in [-0.2, 0) is 0 Å². The van der Waals surface area contributed by atoms with Crippen molar-refractivity contribution in [2.45, 2.75) is 13.0 Å². The summed E-state index contributed by atoms with van der Waals surface area (Å²) >= 11 is 0. The lowest BCUT2D eigenvalue weighted by Crippen LogP contribution is -2.05. The van der Waals surface area contributed by atoms with E-state index in [0.29, 0.717) is 11.6 Å². The molecule has 2 rings (SSSR count). The predicted molar refractivity (Wildman–Crippen MR) is 79.8 cm³/mol. The number of aromatic nitrogens is 1. The SMILES string of the molecule is COc1ccc([N+](=O)[O-])c(Nc2ccc(C(C)N)cc2)n1. The molecule has 21 heavy (non-hydrogen) atoms. The van der Waals surface area contributed by atoms with Gasteiger partial charge in [-0.15, -0.1) is 0 Å². The van der Waals surface area contributed by atoms with Crippen molar-refractivity contribution in [3.63, 3.8) is 0 Å². The zero-order chi connectivity index (χ0) is 15.4. The minimum Gasteiger partial charge on any atom is -0.481 e. The summed E-state index contributed by atoms with van der Waals surface area (Å²) in [4.78, 5) is 14.6. The molecule has 7 nitrogen and oxygen atoms in total. The van der Waals surface area contributed by atoms with Gasteiger partial charge in [0.05, 0.1) is 12.0 Å². The van der Waals surface area contributed by atoms with Crippen LogP contribution in [0.15, 0.2) is 36.4 Å². The Morgan fingerprint density at radius 3 is 2.48 bits per heavy atom. The van der Waals surface area contributed by atoms with Crippen molar-refractivity contribution in [2.75, 3.05) is 12.4 Å². The topological polar surface area (TPSA) is 103 Å². The standard InChI is InChI=1S/C14H16N4O3/c1-9(15)10-3-5-11(6-4-10)16-14-12(18(19)20)7-8-13(17-14)21-2/h3-9H,15H2,1-2H3,(H,16,17). The number of nitrogens with one attached hydrogen (secondary N) is 1. The molecule has 1 aromatic heterocycles. The van der Waals surface area contributed by atoms with Crippen LogP contribution in [-0.4, -0.2) is 17.0 Å². The molecule has 0 radical (unpaired) electrons. The number of hydrogen-bond donors (Lipinski definition) is 2. The molecule has 1 aromatic carbocycles. The molecule has 0 fully saturated rings. The van der Waals surface area contributed by atoms with Crippen molar-refractivity contribution < 1.29 is 9.66 Å². The highest BCUT2D eigenvalue weighted by Crippen LogP contribution is 2.28. The van der Waals surface area contributed by atoms with Gasteiger partial charge in [-0.05, 0) is 24.6 Å². The van der Waals surface area contributed by atoms with E-state index in [0.717, 1.165) is 5.56 Å². The van der Waals surface area contributed by atoms with Crippen LogP contribution in [0.1, 0.15) is 18.5 Å². The van der Waals surface area contributed by atoms with Crippen LogP contribution in [0.3, 0.4) is 0 Å². The lowest BCUT2D eigenvalue weighted by molar-refractivity contribution is -0.384. The van der Waals surface area contributed by atoms with Gasteiger partial charge in [-0.2, -0.15) is 4.98 Å². The van der Waals surface area contributed by atoms with Gasteiger partial charge in [0.25, 0.3) is 0 Å². The largest absolute Gasteiger partial charge is 0.481 e. The minimum absolute atomic E-state index is 0.0664. The molecule has 0 saturated heterocycles. The number of ether oxygens (including phenoxy) is 1. The number of hydrogen-bond acceptors (Lipinski definition) is 6. The maximum atomic E-state index is 11.0. The molecule has 0 spiro atoms. The van der Waals surface area contributed by atoms with Crippen molar-refractivity contribution in [1.82, 2.24) is 4.98 Å². The molecule has 0 saturated carbocycles. The summed E-state index contributed by atoms with van der Waals surface area (Å²) in [6.45, 7) is 1.89. The predicted octanol–water partition coefficient (Wildman–Crippen LogP) is 2.76. The maximum Gasteiger partial charge on any atom is 0.311 e. The van der Waals surface area contributed by atoms with Crippen LogP contribution < -0.4 is 15.8 Å². The summed E-state index contributed by atoms with van der Waals surface area (Å²) in [6.07, 6.45) is 0. The summed E-state index contributed by atoms with van der Waals surface area (Å²) < 4.78 is 4.99. The fourth-order valence-electron chi connectivity index (χ4n) is 1.79. The third-order valence-electron chi connectivity index (χ3n) is 2.95. The van der Waals surface area contributed by atoms with Gasteiger partial charge in [-0.3, -0.25) is 10.1 Å². The number of methoxy groups -OCH3 is 1. The van der Waals surface area contributed by atoms with E-state index in [1.807, 2.05) is 19.1 Å². The number of anilines is 2. The second-order valence-electron chi connectivity index (χ2n) is 4.51. The summed E-state index contributed by atoms with van der Waals surface area (Å²) in [5, 5.41) is 13.9. The summed E-state index contributed by atoms with van der Waals surface area (Å²) in [7, 11) is 1.45. The highest BCUT2D eigenvalue weighted by Gasteiger charge is 2.16. The third kappa shape index (κ3) is 3.46. The first-order valence-electron chi connectivity index (χ1n) is 6.33. The lowest BCUT2D eigenvalue weighted by Gasteiger charge is -2.10. The third-order valence-corrected chi connectivity index (χ3v) is 2.95. The monoisotopic (exact) mass is 288 g/mol. The summed E-state index contributed by atoms with van der Waals surface area (Å²) in [6, 6.07) is 10.0. The van der Waals surface area contributed by atoms with Gasteiger partial charge in [0.15, 0.2) is 0 Å². The van der Waals surface area contributed by atoms with Crippen molar-refractivity contribution in [3.05, 3.63) is 52.1 Å². The number of pyridine rings is 1. The van der Waals surface area contributed by atoms with E-state index in [4.69, 9.17) is 10.5 Å². The first-order chi connectivity index (χ1) is 10.0. The number of nitrogens with two attached hydrogens (primary N) is 1. The normalized spacial score (nSPS) is 11.8. The Balaban J connectivity index is 2.31. The van der Waals surface area contributed by atoms with E-state index < -0.39 is 4.92 Å². The van der Waals surface area contributed by atoms with E-state index >= 15 is 0 Å². The van der Waals surface area contributed by atoms with E-state index in [1.54, 1.807) is 12.1 Å². The van der Waals surface area contributed by atoms with E-state index in [-0.39, 0.29) is 17.5 Å². The Labute approximate surface area is 121 Å². The molecule has 0 amide bonds. The highest BCUT2D eigenvalue weighted by molar-refractivity contribution is 5.66. The van der Waals surface area contributed by atoms with Crippen LogP contribution >= 0.6 is 0 Å². The van der Waals surface area contributed by atoms with Crippen LogP contribution in [0, 0.1) is 10.1 Å². The Hall–Kier alpha value is -2.67. The molecule has 0 aliphatic carbocycles. The second kappa shape index (κ2) is 6.19. The number of nitro groups is 1. The quantitative estimate of drug-likeness (QED) is 0.647. The fourth-order valence-corrected chi connectivity index (χ4v) is 1.79. The smallest absolute Gasteiger partial charge is 0.311 e. The molecule has 1 heterocycles. The Morgan fingerprint density at radius 1 is 1.29 bits per heavy atom. The summed E-state index contributed by atoms with van der Waals surface area (Å²) in [5.41, 5.74) is 7.32. The van der Waals surface area contributed by atoms with E-state index in [1.165, 1.54) is 19.2 Å². The van der Waals surface area contributed by atoms with Crippen LogP contribution in [0.4, 0.5) is 17.2 Å². The van der Waals surface area contributed by atoms with E-state index in [2.05, 4.69) is 10.3 Å². The first kappa shape index (κ1) is 14.7. The van der Waals surface area contributed by atoms with Crippen LogP contribution in [0.25, 0.3) is 0 Å². The molecular weight excluding hydrogens is 272 g/mol. The van der Waals surface area contributed by atoms with Crippen molar-refractivity contribution in [3.8, 4) is 5.88 Å². The number of benzene rings is 1. The number of rotatable bonds is 5. The lowest BCUT2D eigenvalue weighted by atomic mass is 10.1. The molecule has 1 unspecified atom stereocenters. The molecule has 3 N–H and O–H groups in total. The van der Waals surface area contributed by atoms with Gasteiger partial charge in [0.1, 0.15) is 0 Å². The zero-order valence-electron chi connectivity index (χ0n) is 11.7. The molecule has 0 bridgehead atoms. The van der Waals surface area contributed by atoms with Gasteiger partial charge in [-0.1, -0.05) is 12.1 Å². The van der Waals surface area contributed by atoms with Crippen molar-refractivity contribution in [1.29, 1.82) is 0 Å². The van der Waals surface area contributed by atoms with Gasteiger partial charge in [-0.25, -0.2) is 0 Å². The van der Waals surface area contributed by atoms with E-state index in [9.17, 15) is 10.1 Å². The highest BCUT2D eigenvalue weighted by atomic mass is 16.6. The van der Waals surface area contributed by atoms with Crippen LogP contribution in [0.2, 0.25) is 0 Å². The minimum atomic E-state index is -0.495. The Kier molecular flexibility index (Phi) is 4.34. The molecule has 0 aliphatic rings. The Morgan fingerprint density at radius 2 is 1.95 bits per heavy atom. The molecule has 7 heteroatoms. The zero-order valence-corrected chi connectivity index (χ0v) is 11.7. The molecule has 110 valence electrons. The van der Waals surface area contributed by atoms with Crippen LogP contribution in [0.5, 0.6) is 5.88 Å². The molecule has 2 aromatic rings. The molecule has 1 atom stereocenters. The molecular formula is C14H16N4O3. The average molecular weight is 288 g/mol. The van der Waals surface area contributed by atoms with Gasteiger partial charge < -0.3 is 15.8 Å². The van der Waals surface area contributed by atoms with Crippen molar-refractivity contribution >= 4 is 17.2 Å². The van der Waals surface area contributed by atoms with Gasteiger partial charge >= 0.3 is 5.69 Å². The average Bonchev–Trinajstić information content (AvgIpc) is 2.47. The first-order valence-corrected chi connectivity index (χ1v) is 6.33. The summed E-state index contributed by atoms with van der Waals surface area (Å²) in [5.74, 6) is 0.434. The van der Waals surface area contributed by atoms with Gasteiger partial charge in [0.2, 0.25) is 11.7 Å². The van der Waals surface area contributed by atoms with Crippen molar-refractivity contribution in [2.24, 2.45) is 5.73 Å². The van der Waals surface area contributed by atoms with Gasteiger partial charge in [0, 0.05) is 23.9 Å². The molecule has 0 aliphatic heterocycles. The second-order valence-corrected chi connectivity index (χ2v) is 4.51. The maximum absolute atomic E-state index is 11.0.